The summed E-state index contributed by atoms with van der Waals surface area (Å²) in [4.78, 5) is 13.2. The second kappa shape index (κ2) is 6.40. The Morgan fingerprint density at radius 2 is 2.36 bits per heavy atom. The molecule has 4 nitrogen and oxygen atoms in total. The number of amides is 1. The van der Waals surface area contributed by atoms with Gasteiger partial charge in [-0.3, -0.25) is 4.79 Å². The van der Waals surface area contributed by atoms with Gasteiger partial charge in [-0.1, -0.05) is 6.07 Å². The summed E-state index contributed by atoms with van der Waals surface area (Å²) in [5.74, 6) is 1.50. The third-order valence-electron chi connectivity index (χ3n) is 3.49. The van der Waals surface area contributed by atoms with E-state index in [4.69, 9.17) is 9.47 Å². The molecule has 0 fully saturated rings. The van der Waals surface area contributed by atoms with Crippen LogP contribution in [0, 0.1) is 0 Å². The smallest absolute Gasteiger partial charge is 0.229 e. The number of nitrogens with one attached hydrogen (secondary N) is 1. The number of anilines is 1. The normalized spacial score (nSPS) is 16.0. The second-order valence-corrected chi connectivity index (χ2v) is 6.36. The molecule has 1 aromatic carbocycles. The minimum atomic E-state index is -0.0469. The molecule has 0 spiro atoms. The molecule has 3 rings (SSSR count). The Hall–Kier alpha value is -2.01. The van der Waals surface area contributed by atoms with Crippen molar-refractivity contribution in [2.75, 3.05) is 11.9 Å². The molecule has 1 aliphatic heterocycles. The van der Waals surface area contributed by atoms with E-state index in [9.17, 15) is 4.79 Å². The first-order chi connectivity index (χ1) is 10.7. The van der Waals surface area contributed by atoms with Gasteiger partial charge in [-0.05, 0) is 31.4 Å². The van der Waals surface area contributed by atoms with E-state index < -0.39 is 0 Å². The Bertz CT molecular complexity index is 667. The van der Waals surface area contributed by atoms with Gasteiger partial charge in [0.15, 0.2) is 0 Å². The number of fused-ring (bicyclic) bond motifs is 1. The van der Waals surface area contributed by atoms with Gasteiger partial charge in [0.2, 0.25) is 5.91 Å². The standard InChI is InChI=1S/C17H19NO3S/c1-3-20-16-8-12-7-11(2)21-15(12)10-14(16)18-17(19)9-13-5-4-6-22-13/h4-6,8,10-11H,3,7,9H2,1-2H3,(H,18,19)/t11-/m0/s1. The van der Waals surface area contributed by atoms with E-state index in [0.717, 1.165) is 22.6 Å². The molecule has 22 heavy (non-hydrogen) atoms. The van der Waals surface area contributed by atoms with Crippen molar-refractivity contribution in [3.63, 3.8) is 0 Å². The Morgan fingerprint density at radius 1 is 1.50 bits per heavy atom. The lowest BCUT2D eigenvalue weighted by Gasteiger charge is -2.13. The van der Waals surface area contributed by atoms with Crippen LogP contribution in [0.5, 0.6) is 11.5 Å². The third-order valence-corrected chi connectivity index (χ3v) is 4.36. The highest BCUT2D eigenvalue weighted by atomic mass is 32.1. The third kappa shape index (κ3) is 3.25. The number of hydrogen-bond donors (Lipinski definition) is 1. The predicted molar refractivity (Wildman–Crippen MR) is 88.1 cm³/mol. The molecule has 2 aromatic rings. The average Bonchev–Trinajstić information content (AvgIpc) is 3.07. The SMILES string of the molecule is CCOc1cc2c(cc1NC(=O)Cc1cccs1)O[C@@H](C)C2. The van der Waals surface area contributed by atoms with E-state index in [1.165, 1.54) is 0 Å². The molecular formula is C17H19NO3S. The summed E-state index contributed by atoms with van der Waals surface area (Å²) in [5.41, 5.74) is 1.81. The van der Waals surface area contributed by atoms with Crippen LogP contribution in [0.3, 0.4) is 0 Å². The molecule has 0 radical (unpaired) electrons. The van der Waals surface area contributed by atoms with Crippen molar-refractivity contribution in [2.45, 2.75) is 32.8 Å². The van der Waals surface area contributed by atoms with Gasteiger partial charge in [-0.25, -0.2) is 0 Å². The van der Waals surface area contributed by atoms with E-state index >= 15 is 0 Å². The van der Waals surface area contributed by atoms with Crippen molar-refractivity contribution in [2.24, 2.45) is 0 Å². The minimum Gasteiger partial charge on any atom is -0.492 e. The topological polar surface area (TPSA) is 47.6 Å². The van der Waals surface area contributed by atoms with Gasteiger partial charge in [-0.2, -0.15) is 0 Å². The van der Waals surface area contributed by atoms with Crippen LogP contribution in [-0.4, -0.2) is 18.6 Å². The summed E-state index contributed by atoms with van der Waals surface area (Å²) < 4.78 is 11.4. The van der Waals surface area contributed by atoms with Crippen molar-refractivity contribution >= 4 is 22.9 Å². The summed E-state index contributed by atoms with van der Waals surface area (Å²) in [6.07, 6.45) is 1.41. The molecule has 2 heterocycles. The van der Waals surface area contributed by atoms with Crippen LogP contribution in [0.15, 0.2) is 29.6 Å². The molecular weight excluding hydrogens is 298 g/mol. The zero-order valence-corrected chi connectivity index (χ0v) is 13.5. The van der Waals surface area contributed by atoms with Crippen molar-refractivity contribution in [1.82, 2.24) is 0 Å². The van der Waals surface area contributed by atoms with Gasteiger partial charge in [-0.15, -0.1) is 11.3 Å². The van der Waals surface area contributed by atoms with Crippen LogP contribution in [0.4, 0.5) is 5.69 Å². The van der Waals surface area contributed by atoms with Crippen molar-refractivity contribution in [3.05, 3.63) is 40.1 Å². The number of carbonyl (C=O) groups excluding carboxylic acids is 1. The summed E-state index contributed by atoms with van der Waals surface area (Å²) in [6, 6.07) is 7.75. The Balaban J connectivity index is 1.79. The molecule has 116 valence electrons. The van der Waals surface area contributed by atoms with Crippen LogP contribution in [-0.2, 0) is 17.6 Å². The van der Waals surface area contributed by atoms with E-state index in [-0.39, 0.29) is 12.0 Å². The first-order valence-electron chi connectivity index (χ1n) is 7.44. The van der Waals surface area contributed by atoms with Gasteiger partial charge in [0.1, 0.15) is 17.6 Å². The number of rotatable bonds is 5. The highest BCUT2D eigenvalue weighted by molar-refractivity contribution is 7.10. The van der Waals surface area contributed by atoms with Crippen LogP contribution < -0.4 is 14.8 Å². The first kappa shape index (κ1) is 14.9. The van der Waals surface area contributed by atoms with Crippen LogP contribution >= 0.6 is 11.3 Å². The summed E-state index contributed by atoms with van der Waals surface area (Å²) in [7, 11) is 0. The maximum Gasteiger partial charge on any atom is 0.229 e. The maximum atomic E-state index is 12.2. The second-order valence-electron chi connectivity index (χ2n) is 5.33. The average molecular weight is 317 g/mol. The Morgan fingerprint density at radius 3 is 3.09 bits per heavy atom. The van der Waals surface area contributed by atoms with Crippen LogP contribution in [0.25, 0.3) is 0 Å². The van der Waals surface area contributed by atoms with Crippen LogP contribution in [0.1, 0.15) is 24.3 Å². The Kier molecular flexibility index (Phi) is 4.34. The zero-order valence-electron chi connectivity index (χ0n) is 12.7. The monoisotopic (exact) mass is 317 g/mol. The number of carbonyl (C=O) groups is 1. The van der Waals surface area contributed by atoms with Crippen molar-refractivity contribution in [1.29, 1.82) is 0 Å². The van der Waals surface area contributed by atoms with Gasteiger partial charge in [0.05, 0.1) is 18.7 Å². The number of hydrogen-bond acceptors (Lipinski definition) is 4. The molecule has 1 atom stereocenters. The van der Waals surface area contributed by atoms with Gasteiger partial charge < -0.3 is 14.8 Å². The van der Waals surface area contributed by atoms with Crippen molar-refractivity contribution in [3.8, 4) is 11.5 Å². The van der Waals surface area contributed by atoms with E-state index in [2.05, 4.69) is 5.32 Å². The largest absolute Gasteiger partial charge is 0.492 e. The fourth-order valence-electron chi connectivity index (χ4n) is 2.58. The summed E-state index contributed by atoms with van der Waals surface area (Å²) >= 11 is 1.58. The summed E-state index contributed by atoms with van der Waals surface area (Å²) in [5, 5.41) is 4.91. The molecule has 1 aliphatic rings. The molecule has 0 unspecified atom stereocenters. The fraction of sp³-hybridized carbons (Fsp3) is 0.353. The van der Waals surface area contributed by atoms with Gasteiger partial charge in [0, 0.05) is 22.9 Å². The Labute approximate surface area is 134 Å². The highest BCUT2D eigenvalue weighted by Crippen LogP contribution is 2.38. The number of ether oxygens (including phenoxy) is 2. The van der Waals surface area contributed by atoms with Gasteiger partial charge >= 0.3 is 0 Å². The lowest BCUT2D eigenvalue weighted by atomic mass is 10.1. The van der Waals surface area contributed by atoms with Crippen molar-refractivity contribution < 1.29 is 14.3 Å². The van der Waals surface area contributed by atoms with E-state index in [0.29, 0.717) is 24.5 Å². The quantitative estimate of drug-likeness (QED) is 0.915. The highest BCUT2D eigenvalue weighted by Gasteiger charge is 2.22. The maximum absolute atomic E-state index is 12.2. The zero-order chi connectivity index (χ0) is 15.5. The molecule has 0 aliphatic carbocycles. The molecule has 1 amide bonds. The molecule has 1 aromatic heterocycles. The minimum absolute atomic E-state index is 0.0469. The molecule has 0 bridgehead atoms. The van der Waals surface area contributed by atoms with E-state index in [1.807, 2.05) is 43.5 Å². The van der Waals surface area contributed by atoms with Crippen LogP contribution in [0.2, 0.25) is 0 Å². The predicted octanol–water partition coefficient (Wildman–Crippen LogP) is 3.65. The fourth-order valence-corrected chi connectivity index (χ4v) is 3.28. The number of thiophene rings is 1. The summed E-state index contributed by atoms with van der Waals surface area (Å²) in [6.45, 7) is 4.53. The molecule has 1 N–H and O–H groups in total. The molecule has 5 heteroatoms. The van der Waals surface area contributed by atoms with Gasteiger partial charge in [0.25, 0.3) is 0 Å². The number of benzene rings is 1. The first-order valence-corrected chi connectivity index (χ1v) is 8.32. The molecule has 0 saturated heterocycles. The molecule has 0 saturated carbocycles. The lowest BCUT2D eigenvalue weighted by molar-refractivity contribution is -0.115. The lowest BCUT2D eigenvalue weighted by Crippen LogP contribution is -2.14. The van der Waals surface area contributed by atoms with E-state index in [1.54, 1.807) is 11.3 Å².